The Morgan fingerprint density at radius 1 is 1.08 bits per heavy atom. The molecule has 0 aliphatic heterocycles. The zero-order valence-corrected chi connectivity index (χ0v) is 16.3. The number of rotatable bonds is 4. The maximum Gasteiger partial charge on any atom is 0.203 e. The molecule has 9 heteroatoms. The molecule has 0 fully saturated rings. The molecule has 0 aliphatic carbocycles. The van der Waals surface area contributed by atoms with Crippen molar-refractivity contribution in [3.8, 4) is 17.1 Å². The monoisotopic (exact) mass is 400 g/mol. The van der Waals surface area contributed by atoms with Crippen LogP contribution in [0.3, 0.4) is 0 Å². The third-order valence-electron chi connectivity index (χ3n) is 3.74. The lowest BCUT2D eigenvalue weighted by Gasteiger charge is -2.13. The molecule has 0 saturated heterocycles. The minimum Gasteiger partial charge on any atom is -0.269 e. The van der Waals surface area contributed by atoms with E-state index < -0.39 is 0 Å². The van der Waals surface area contributed by atoms with Gasteiger partial charge in [-0.15, -0.1) is 10.2 Å². The highest BCUT2D eigenvalue weighted by Crippen LogP contribution is 2.34. The van der Waals surface area contributed by atoms with E-state index in [1.165, 1.54) is 23.3 Å². The summed E-state index contributed by atoms with van der Waals surface area (Å²) < 4.78 is 7.05. The first-order valence-corrected chi connectivity index (χ1v) is 9.70. The fourth-order valence-electron chi connectivity index (χ4n) is 2.48. The average molecular weight is 401 g/mol. The standard InChI is InChI=1S/C17H13ClN6S2/c1-10-13(18)4-3-5-14(10)24-15(12-6-8-19-9-7-12)21-22-16(24)25-17-20-11(2)23-26-17/h3-9H,1-2H3. The van der Waals surface area contributed by atoms with Gasteiger partial charge in [-0.25, -0.2) is 4.98 Å². The number of hydrogen-bond donors (Lipinski definition) is 0. The molecule has 26 heavy (non-hydrogen) atoms. The lowest BCUT2D eigenvalue weighted by Crippen LogP contribution is -2.02. The van der Waals surface area contributed by atoms with Crippen LogP contribution in [0.2, 0.25) is 5.02 Å². The summed E-state index contributed by atoms with van der Waals surface area (Å²) in [5, 5.41) is 10.2. The largest absolute Gasteiger partial charge is 0.269 e. The van der Waals surface area contributed by atoms with Gasteiger partial charge < -0.3 is 0 Å². The molecule has 3 heterocycles. The Bertz CT molecular complexity index is 1060. The van der Waals surface area contributed by atoms with E-state index in [1.807, 2.05) is 48.7 Å². The first-order chi connectivity index (χ1) is 12.6. The second-order valence-corrected chi connectivity index (χ2v) is 7.84. The SMILES string of the molecule is Cc1nsc(Sc2nnc(-c3ccncc3)n2-c2cccc(Cl)c2C)n1. The molecular formula is C17H13ClN6S2. The first kappa shape index (κ1) is 17.1. The highest BCUT2D eigenvalue weighted by atomic mass is 35.5. The normalized spacial score (nSPS) is 11.0. The molecule has 0 bridgehead atoms. The van der Waals surface area contributed by atoms with Crippen LogP contribution in [0.15, 0.2) is 52.2 Å². The van der Waals surface area contributed by atoms with Crippen molar-refractivity contribution in [1.82, 2.24) is 29.1 Å². The van der Waals surface area contributed by atoms with E-state index in [1.54, 1.807) is 12.4 Å². The summed E-state index contributed by atoms with van der Waals surface area (Å²) in [6, 6.07) is 9.61. The Hall–Kier alpha value is -2.29. The van der Waals surface area contributed by atoms with E-state index in [0.717, 1.165) is 32.8 Å². The molecule has 4 aromatic rings. The van der Waals surface area contributed by atoms with Gasteiger partial charge in [0, 0.05) is 23.0 Å². The maximum absolute atomic E-state index is 6.35. The summed E-state index contributed by atoms with van der Waals surface area (Å²) in [5.74, 6) is 1.47. The molecule has 0 saturated carbocycles. The molecule has 6 nitrogen and oxygen atoms in total. The van der Waals surface area contributed by atoms with Gasteiger partial charge in [0.2, 0.25) is 5.16 Å². The topological polar surface area (TPSA) is 69.4 Å². The van der Waals surface area contributed by atoms with Crippen molar-refractivity contribution in [1.29, 1.82) is 0 Å². The van der Waals surface area contributed by atoms with Gasteiger partial charge in [-0.2, -0.15) is 4.37 Å². The van der Waals surface area contributed by atoms with E-state index in [-0.39, 0.29) is 0 Å². The summed E-state index contributed by atoms with van der Waals surface area (Å²) in [7, 11) is 0. The minimum atomic E-state index is 0.694. The second-order valence-electron chi connectivity index (χ2n) is 5.47. The third-order valence-corrected chi connectivity index (χ3v) is 5.94. The molecular weight excluding hydrogens is 388 g/mol. The minimum absolute atomic E-state index is 0.694. The Kier molecular flexibility index (Phi) is 4.71. The number of nitrogens with zero attached hydrogens (tertiary/aromatic N) is 6. The van der Waals surface area contributed by atoms with Crippen molar-refractivity contribution in [3.05, 3.63) is 59.1 Å². The number of halogens is 1. The van der Waals surface area contributed by atoms with Gasteiger partial charge in [-0.3, -0.25) is 9.55 Å². The van der Waals surface area contributed by atoms with Crippen LogP contribution in [0.5, 0.6) is 0 Å². The van der Waals surface area contributed by atoms with Gasteiger partial charge in [0.05, 0.1) is 5.69 Å². The van der Waals surface area contributed by atoms with Crippen LogP contribution in [0, 0.1) is 13.8 Å². The Morgan fingerprint density at radius 3 is 2.62 bits per heavy atom. The van der Waals surface area contributed by atoms with Crippen LogP contribution in [0.4, 0.5) is 0 Å². The molecule has 0 amide bonds. The summed E-state index contributed by atoms with van der Waals surface area (Å²) in [6.07, 6.45) is 3.47. The summed E-state index contributed by atoms with van der Waals surface area (Å²) in [4.78, 5) is 8.50. The van der Waals surface area contributed by atoms with Gasteiger partial charge in [-0.1, -0.05) is 17.7 Å². The second kappa shape index (κ2) is 7.14. The van der Waals surface area contributed by atoms with Crippen molar-refractivity contribution >= 4 is 34.9 Å². The third kappa shape index (κ3) is 3.23. The van der Waals surface area contributed by atoms with Gasteiger partial charge in [0.15, 0.2) is 10.2 Å². The molecule has 3 aromatic heterocycles. The number of pyridine rings is 1. The highest BCUT2D eigenvalue weighted by molar-refractivity contribution is 8.00. The van der Waals surface area contributed by atoms with Crippen molar-refractivity contribution in [2.45, 2.75) is 23.3 Å². The summed E-state index contributed by atoms with van der Waals surface area (Å²) >= 11 is 9.13. The van der Waals surface area contributed by atoms with Crippen molar-refractivity contribution < 1.29 is 0 Å². The zero-order valence-electron chi connectivity index (χ0n) is 13.9. The molecule has 0 spiro atoms. The molecule has 0 atom stereocenters. The zero-order chi connectivity index (χ0) is 18.1. The Labute approximate surface area is 163 Å². The van der Waals surface area contributed by atoms with Crippen LogP contribution in [0.1, 0.15) is 11.4 Å². The van der Waals surface area contributed by atoms with E-state index in [4.69, 9.17) is 11.6 Å². The predicted octanol–water partition coefficient (Wildman–Crippen LogP) is 4.60. The number of aromatic nitrogens is 6. The van der Waals surface area contributed by atoms with Crippen LogP contribution < -0.4 is 0 Å². The number of hydrogen-bond acceptors (Lipinski definition) is 7. The summed E-state index contributed by atoms with van der Waals surface area (Å²) in [6.45, 7) is 3.85. The quantitative estimate of drug-likeness (QED) is 0.498. The highest BCUT2D eigenvalue weighted by Gasteiger charge is 2.20. The van der Waals surface area contributed by atoms with E-state index in [0.29, 0.717) is 10.2 Å². The number of benzene rings is 1. The van der Waals surface area contributed by atoms with Crippen LogP contribution in [-0.4, -0.2) is 29.1 Å². The Morgan fingerprint density at radius 2 is 1.88 bits per heavy atom. The smallest absolute Gasteiger partial charge is 0.203 e. The molecule has 130 valence electrons. The maximum atomic E-state index is 6.35. The van der Waals surface area contributed by atoms with E-state index in [9.17, 15) is 0 Å². The molecule has 1 aromatic carbocycles. The number of aryl methyl sites for hydroxylation is 1. The molecule has 0 unspecified atom stereocenters. The molecule has 0 radical (unpaired) electrons. The fraction of sp³-hybridized carbons (Fsp3) is 0.118. The van der Waals surface area contributed by atoms with Crippen LogP contribution >= 0.6 is 34.9 Å². The molecule has 4 rings (SSSR count). The van der Waals surface area contributed by atoms with E-state index >= 15 is 0 Å². The molecule has 0 aliphatic rings. The van der Waals surface area contributed by atoms with Gasteiger partial charge in [0.1, 0.15) is 5.82 Å². The lowest BCUT2D eigenvalue weighted by atomic mass is 10.2. The lowest BCUT2D eigenvalue weighted by molar-refractivity contribution is 0.879. The van der Waals surface area contributed by atoms with Crippen molar-refractivity contribution in [2.75, 3.05) is 0 Å². The van der Waals surface area contributed by atoms with Crippen molar-refractivity contribution in [2.24, 2.45) is 0 Å². The van der Waals surface area contributed by atoms with Crippen LogP contribution in [0.25, 0.3) is 17.1 Å². The Balaban J connectivity index is 1.90. The van der Waals surface area contributed by atoms with E-state index in [2.05, 4.69) is 24.5 Å². The van der Waals surface area contributed by atoms with Gasteiger partial charge in [0.25, 0.3) is 0 Å². The van der Waals surface area contributed by atoms with Crippen LogP contribution in [-0.2, 0) is 0 Å². The predicted molar refractivity (Wildman–Crippen MR) is 103 cm³/mol. The van der Waals surface area contributed by atoms with Gasteiger partial charge in [-0.05, 0) is 67.0 Å². The average Bonchev–Trinajstić information content (AvgIpc) is 3.25. The first-order valence-electron chi connectivity index (χ1n) is 7.73. The fourth-order valence-corrected chi connectivity index (χ4v) is 4.25. The van der Waals surface area contributed by atoms with Crippen molar-refractivity contribution in [3.63, 3.8) is 0 Å². The molecule has 0 N–H and O–H groups in total. The van der Waals surface area contributed by atoms with Gasteiger partial charge >= 0.3 is 0 Å². The summed E-state index contributed by atoms with van der Waals surface area (Å²) in [5.41, 5.74) is 2.81.